The predicted octanol–water partition coefficient (Wildman–Crippen LogP) is 4.59. The quantitative estimate of drug-likeness (QED) is 0.512. The van der Waals surface area contributed by atoms with Gasteiger partial charge < -0.3 is 11.1 Å². The van der Waals surface area contributed by atoms with Gasteiger partial charge in [-0.3, -0.25) is 9.48 Å². The van der Waals surface area contributed by atoms with E-state index in [0.29, 0.717) is 4.88 Å². The summed E-state index contributed by atoms with van der Waals surface area (Å²) in [5, 5.41) is 7.11. The second-order valence-corrected chi connectivity index (χ2v) is 8.76. The first-order chi connectivity index (χ1) is 15.2. The van der Waals surface area contributed by atoms with Crippen molar-refractivity contribution in [3.05, 3.63) is 63.0 Å². The first-order valence-electron chi connectivity index (χ1n) is 10.5. The van der Waals surface area contributed by atoms with E-state index < -0.39 is 17.8 Å². The van der Waals surface area contributed by atoms with Gasteiger partial charge in [-0.05, 0) is 42.5 Å². The third kappa shape index (κ3) is 5.21. The third-order valence-electron chi connectivity index (χ3n) is 5.33. The van der Waals surface area contributed by atoms with E-state index in [0.717, 1.165) is 40.6 Å². The summed E-state index contributed by atoms with van der Waals surface area (Å²) in [7, 11) is 1.88. The highest BCUT2D eigenvalue weighted by Gasteiger charge is 2.33. The number of rotatable bonds is 8. The minimum atomic E-state index is -4.44. The lowest BCUT2D eigenvalue weighted by Crippen LogP contribution is -2.38. The molecule has 3 rings (SSSR count). The molecule has 1 atom stereocenters. The molecule has 0 bridgehead atoms. The Morgan fingerprint density at radius 1 is 1.22 bits per heavy atom. The lowest BCUT2D eigenvalue weighted by molar-refractivity contribution is -0.138. The number of aryl methyl sites for hydroxylation is 3. The molecule has 0 radical (unpaired) electrons. The summed E-state index contributed by atoms with van der Waals surface area (Å²) in [4.78, 5) is 14.4. The first-order valence-corrected chi connectivity index (χ1v) is 11.3. The van der Waals surface area contributed by atoms with Crippen LogP contribution in [0, 0.1) is 0 Å². The maximum absolute atomic E-state index is 13.2. The molecule has 1 unspecified atom stereocenters. The number of benzene rings is 1. The van der Waals surface area contributed by atoms with Crippen molar-refractivity contribution in [3.8, 4) is 11.3 Å². The fourth-order valence-corrected chi connectivity index (χ4v) is 4.75. The van der Waals surface area contributed by atoms with Crippen LogP contribution in [0.2, 0.25) is 0 Å². The number of carbonyl (C=O) groups excluding carboxylic acids is 1. The van der Waals surface area contributed by atoms with E-state index in [1.165, 1.54) is 23.5 Å². The van der Waals surface area contributed by atoms with Crippen molar-refractivity contribution < 1.29 is 18.0 Å². The van der Waals surface area contributed by atoms with Crippen molar-refractivity contribution in [3.63, 3.8) is 0 Å². The molecule has 9 heteroatoms. The summed E-state index contributed by atoms with van der Waals surface area (Å²) in [5.74, 6) is -0.282. The van der Waals surface area contributed by atoms with Crippen LogP contribution in [0.15, 0.2) is 36.5 Å². The Bertz CT molecular complexity index is 1090. The number of thiophene rings is 1. The predicted molar refractivity (Wildman–Crippen MR) is 121 cm³/mol. The van der Waals surface area contributed by atoms with Crippen molar-refractivity contribution >= 4 is 17.2 Å². The number of alkyl halides is 3. The maximum Gasteiger partial charge on any atom is 0.416 e. The molecular weight excluding hydrogens is 437 g/mol. The zero-order chi connectivity index (χ0) is 23.5. The van der Waals surface area contributed by atoms with Gasteiger partial charge in [0, 0.05) is 30.1 Å². The van der Waals surface area contributed by atoms with Gasteiger partial charge in [0.05, 0.1) is 22.3 Å². The van der Waals surface area contributed by atoms with E-state index in [-0.39, 0.29) is 24.4 Å². The minimum Gasteiger partial charge on any atom is -0.350 e. The molecule has 1 amide bonds. The SMILES string of the molecule is CCc1cnn(C)c1-c1cc(C(=O)NCC(N)Cc2ccccc2C(F)(F)F)sc1CC. The van der Waals surface area contributed by atoms with Crippen molar-refractivity contribution in [2.45, 2.75) is 45.3 Å². The Balaban J connectivity index is 1.71. The molecule has 1 aromatic carbocycles. The molecule has 0 saturated heterocycles. The average Bonchev–Trinajstić information content (AvgIpc) is 3.34. The number of amides is 1. The summed E-state index contributed by atoms with van der Waals surface area (Å²) in [5.41, 5.74) is 8.58. The van der Waals surface area contributed by atoms with Gasteiger partial charge in [-0.15, -0.1) is 11.3 Å². The molecule has 0 aliphatic carbocycles. The van der Waals surface area contributed by atoms with E-state index in [2.05, 4.69) is 17.3 Å². The smallest absolute Gasteiger partial charge is 0.350 e. The highest BCUT2D eigenvalue weighted by Crippen LogP contribution is 2.34. The number of nitrogens with two attached hydrogens (primary N) is 1. The van der Waals surface area contributed by atoms with Crippen LogP contribution in [0.1, 0.15) is 45.1 Å². The van der Waals surface area contributed by atoms with E-state index in [9.17, 15) is 18.0 Å². The molecule has 2 aromatic heterocycles. The van der Waals surface area contributed by atoms with Crippen molar-refractivity contribution in [1.82, 2.24) is 15.1 Å². The summed E-state index contributed by atoms with van der Waals surface area (Å²) >= 11 is 1.41. The van der Waals surface area contributed by atoms with Gasteiger partial charge in [0.25, 0.3) is 5.91 Å². The molecule has 3 N–H and O–H groups in total. The van der Waals surface area contributed by atoms with Gasteiger partial charge >= 0.3 is 6.18 Å². The Hall–Kier alpha value is -2.65. The van der Waals surface area contributed by atoms with Crippen LogP contribution in [0.5, 0.6) is 0 Å². The van der Waals surface area contributed by atoms with Gasteiger partial charge in [0.2, 0.25) is 0 Å². The normalized spacial score (nSPS) is 12.7. The molecular formula is C23H27F3N4OS. The molecule has 172 valence electrons. The van der Waals surface area contributed by atoms with Crippen LogP contribution in [-0.2, 0) is 32.5 Å². The molecule has 5 nitrogen and oxygen atoms in total. The number of nitrogens with zero attached hydrogens (tertiary/aromatic N) is 2. The fourth-order valence-electron chi connectivity index (χ4n) is 3.73. The molecule has 0 aliphatic rings. The van der Waals surface area contributed by atoms with Crippen LogP contribution in [-0.4, -0.2) is 28.3 Å². The molecule has 0 fully saturated rings. The largest absolute Gasteiger partial charge is 0.416 e. The lowest BCUT2D eigenvalue weighted by atomic mass is 10.00. The standard InChI is InChI=1S/C23H27F3N4OS/c1-4-14-12-29-30(3)21(14)17-11-20(32-19(17)5-2)22(31)28-13-16(27)10-15-8-6-7-9-18(15)23(24,25)26/h6-9,11-12,16H,4-5,10,13,27H2,1-3H3,(H,28,31). The topological polar surface area (TPSA) is 72.9 Å². The number of hydrogen-bond donors (Lipinski definition) is 2. The van der Waals surface area contributed by atoms with Crippen molar-refractivity contribution in [1.29, 1.82) is 0 Å². The van der Waals surface area contributed by atoms with E-state index >= 15 is 0 Å². The first kappa shape index (κ1) is 24.0. The molecule has 0 saturated carbocycles. The Kier molecular flexibility index (Phi) is 7.40. The van der Waals surface area contributed by atoms with Crippen LogP contribution in [0.4, 0.5) is 13.2 Å². The van der Waals surface area contributed by atoms with Crippen LogP contribution in [0.25, 0.3) is 11.3 Å². The number of aromatic nitrogens is 2. The second-order valence-electron chi connectivity index (χ2n) is 7.63. The van der Waals surface area contributed by atoms with E-state index in [1.807, 2.05) is 30.9 Å². The van der Waals surface area contributed by atoms with E-state index in [1.54, 1.807) is 6.07 Å². The Labute approximate surface area is 189 Å². The van der Waals surface area contributed by atoms with Gasteiger partial charge in [-0.25, -0.2) is 0 Å². The third-order valence-corrected chi connectivity index (χ3v) is 6.61. The van der Waals surface area contributed by atoms with Gasteiger partial charge in [0.15, 0.2) is 0 Å². The maximum atomic E-state index is 13.2. The number of nitrogens with one attached hydrogen (secondary N) is 1. The lowest BCUT2D eigenvalue weighted by Gasteiger charge is -2.16. The van der Waals surface area contributed by atoms with Gasteiger partial charge in [-0.1, -0.05) is 32.0 Å². The van der Waals surface area contributed by atoms with Crippen LogP contribution < -0.4 is 11.1 Å². The second kappa shape index (κ2) is 9.87. The highest BCUT2D eigenvalue weighted by molar-refractivity contribution is 7.14. The van der Waals surface area contributed by atoms with Crippen LogP contribution >= 0.6 is 11.3 Å². The van der Waals surface area contributed by atoms with E-state index in [4.69, 9.17) is 5.73 Å². The van der Waals surface area contributed by atoms with Gasteiger partial charge in [0.1, 0.15) is 0 Å². The highest BCUT2D eigenvalue weighted by atomic mass is 32.1. The summed E-state index contributed by atoms with van der Waals surface area (Å²) in [6, 6.07) is 6.59. The Morgan fingerprint density at radius 3 is 2.59 bits per heavy atom. The summed E-state index contributed by atoms with van der Waals surface area (Å²) in [6.45, 7) is 4.17. The molecule has 32 heavy (non-hydrogen) atoms. The molecule has 2 heterocycles. The summed E-state index contributed by atoms with van der Waals surface area (Å²) in [6.07, 6.45) is -0.981. The number of halogens is 3. The average molecular weight is 465 g/mol. The minimum absolute atomic E-state index is 0.0146. The van der Waals surface area contributed by atoms with Crippen molar-refractivity contribution in [2.75, 3.05) is 6.54 Å². The Morgan fingerprint density at radius 2 is 1.94 bits per heavy atom. The number of hydrogen-bond acceptors (Lipinski definition) is 4. The summed E-state index contributed by atoms with van der Waals surface area (Å²) < 4.78 is 41.4. The molecule has 3 aromatic rings. The monoisotopic (exact) mass is 464 g/mol. The molecule has 0 spiro atoms. The zero-order valence-corrected chi connectivity index (χ0v) is 19.1. The molecule has 0 aliphatic heterocycles. The van der Waals surface area contributed by atoms with Gasteiger partial charge in [-0.2, -0.15) is 18.3 Å². The number of carbonyl (C=O) groups is 1. The van der Waals surface area contributed by atoms with Crippen LogP contribution in [0.3, 0.4) is 0 Å². The zero-order valence-electron chi connectivity index (χ0n) is 18.3. The fraction of sp³-hybridized carbons (Fsp3) is 0.391. The van der Waals surface area contributed by atoms with Crippen molar-refractivity contribution in [2.24, 2.45) is 12.8 Å².